The van der Waals surface area contributed by atoms with Crippen LogP contribution in [0.3, 0.4) is 0 Å². The van der Waals surface area contributed by atoms with Crippen molar-refractivity contribution in [3.05, 3.63) is 59.9 Å². The average molecular weight is 284 g/mol. The van der Waals surface area contributed by atoms with E-state index in [2.05, 4.69) is 5.32 Å². The number of hydrogen-bond acceptors (Lipinski definition) is 2. The van der Waals surface area contributed by atoms with Gasteiger partial charge in [0.1, 0.15) is 5.82 Å². The monoisotopic (exact) mass is 284 g/mol. The number of hydrogen-bond donors (Lipinski definition) is 1. The third-order valence-corrected chi connectivity index (χ3v) is 3.43. The minimum atomic E-state index is -0.724. The molecule has 1 aliphatic rings. The number of carbonyl (C=O) groups excluding carboxylic acids is 2. The molecule has 2 amide bonds. The highest BCUT2D eigenvalue weighted by molar-refractivity contribution is 6.44. The second-order valence-electron chi connectivity index (χ2n) is 4.80. The van der Waals surface area contributed by atoms with Crippen molar-refractivity contribution >= 4 is 23.2 Å². The molecule has 1 N–H and O–H groups in total. The van der Waals surface area contributed by atoms with E-state index in [1.807, 2.05) is 24.3 Å². The number of fused-ring (bicyclic) bond motifs is 1. The van der Waals surface area contributed by atoms with Crippen LogP contribution in [0.25, 0.3) is 0 Å². The molecule has 2 aromatic carbocycles. The Morgan fingerprint density at radius 1 is 1.05 bits per heavy atom. The molecule has 2 aromatic rings. The molecule has 0 unspecified atom stereocenters. The van der Waals surface area contributed by atoms with E-state index < -0.39 is 17.6 Å². The highest BCUT2D eigenvalue weighted by Crippen LogP contribution is 2.27. The molecule has 0 aliphatic carbocycles. The number of para-hydroxylation sites is 1. The molecule has 106 valence electrons. The lowest BCUT2D eigenvalue weighted by Gasteiger charge is -2.16. The third kappa shape index (κ3) is 2.63. The Morgan fingerprint density at radius 2 is 1.76 bits per heavy atom. The zero-order valence-corrected chi connectivity index (χ0v) is 11.2. The van der Waals surface area contributed by atoms with Crippen molar-refractivity contribution in [3.8, 4) is 0 Å². The SMILES string of the molecule is O=C(Nc1ccc(F)cc1)C(=O)N1CCc2ccccc21. The van der Waals surface area contributed by atoms with Gasteiger partial charge in [0.25, 0.3) is 0 Å². The first kappa shape index (κ1) is 13.3. The summed E-state index contributed by atoms with van der Waals surface area (Å²) in [7, 11) is 0. The smallest absolute Gasteiger partial charge is 0.316 e. The van der Waals surface area contributed by atoms with Crippen molar-refractivity contribution in [2.24, 2.45) is 0 Å². The Kier molecular flexibility index (Phi) is 3.39. The first-order valence-electron chi connectivity index (χ1n) is 6.61. The number of nitrogens with zero attached hydrogens (tertiary/aromatic N) is 1. The number of amides is 2. The fourth-order valence-electron chi connectivity index (χ4n) is 2.39. The Labute approximate surface area is 121 Å². The fourth-order valence-corrected chi connectivity index (χ4v) is 2.39. The Hall–Kier alpha value is -2.69. The van der Waals surface area contributed by atoms with Gasteiger partial charge in [0.15, 0.2) is 0 Å². The highest BCUT2D eigenvalue weighted by Gasteiger charge is 2.28. The maximum atomic E-state index is 12.8. The van der Waals surface area contributed by atoms with Crippen LogP contribution in [-0.4, -0.2) is 18.4 Å². The van der Waals surface area contributed by atoms with Gasteiger partial charge in [0.05, 0.1) is 0 Å². The van der Waals surface area contributed by atoms with Gasteiger partial charge in [-0.05, 0) is 42.3 Å². The van der Waals surface area contributed by atoms with Crippen molar-refractivity contribution in [2.75, 3.05) is 16.8 Å². The average Bonchev–Trinajstić information content (AvgIpc) is 2.92. The number of nitrogens with one attached hydrogen (secondary N) is 1. The van der Waals surface area contributed by atoms with Gasteiger partial charge in [0.2, 0.25) is 0 Å². The van der Waals surface area contributed by atoms with Crippen molar-refractivity contribution in [1.82, 2.24) is 0 Å². The maximum Gasteiger partial charge on any atom is 0.316 e. The van der Waals surface area contributed by atoms with E-state index in [0.717, 1.165) is 17.7 Å². The summed E-state index contributed by atoms with van der Waals surface area (Å²) in [6.45, 7) is 0.495. The molecule has 1 aliphatic heterocycles. The highest BCUT2D eigenvalue weighted by atomic mass is 19.1. The second kappa shape index (κ2) is 5.36. The number of rotatable bonds is 1. The summed E-state index contributed by atoms with van der Waals surface area (Å²) in [4.78, 5) is 25.7. The molecule has 0 fully saturated rings. The van der Waals surface area contributed by atoms with Crippen molar-refractivity contribution < 1.29 is 14.0 Å². The summed E-state index contributed by atoms with van der Waals surface area (Å²) in [5, 5.41) is 2.48. The lowest BCUT2D eigenvalue weighted by atomic mass is 10.2. The molecule has 21 heavy (non-hydrogen) atoms. The molecule has 0 spiro atoms. The molecule has 0 radical (unpaired) electrons. The quantitative estimate of drug-likeness (QED) is 0.817. The van der Waals surface area contributed by atoms with Crippen LogP contribution in [0.5, 0.6) is 0 Å². The third-order valence-electron chi connectivity index (χ3n) is 3.43. The number of carbonyl (C=O) groups is 2. The molecule has 1 heterocycles. The van der Waals surface area contributed by atoms with Crippen molar-refractivity contribution in [1.29, 1.82) is 0 Å². The zero-order chi connectivity index (χ0) is 14.8. The molecule has 4 nitrogen and oxygen atoms in total. The van der Waals surface area contributed by atoms with Crippen molar-refractivity contribution in [3.63, 3.8) is 0 Å². The van der Waals surface area contributed by atoms with E-state index in [1.165, 1.54) is 29.2 Å². The Bertz CT molecular complexity index is 698. The van der Waals surface area contributed by atoms with Crippen LogP contribution in [0.1, 0.15) is 5.56 Å². The molecule has 0 saturated carbocycles. The van der Waals surface area contributed by atoms with E-state index in [9.17, 15) is 14.0 Å². The topological polar surface area (TPSA) is 49.4 Å². The van der Waals surface area contributed by atoms with Crippen LogP contribution in [0.2, 0.25) is 0 Å². The first-order chi connectivity index (χ1) is 10.1. The number of halogens is 1. The molecular weight excluding hydrogens is 271 g/mol. The van der Waals surface area contributed by atoms with Gasteiger partial charge in [-0.2, -0.15) is 0 Å². The maximum absolute atomic E-state index is 12.8. The number of benzene rings is 2. The summed E-state index contributed by atoms with van der Waals surface area (Å²) >= 11 is 0. The fraction of sp³-hybridized carbons (Fsp3) is 0.125. The van der Waals surface area contributed by atoms with Crippen LogP contribution < -0.4 is 10.2 Å². The van der Waals surface area contributed by atoms with Gasteiger partial charge in [-0.25, -0.2) is 4.39 Å². The molecule has 0 atom stereocenters. The summed E-state index contributed by atoms with van der Waals surface area (Å²) in [5.41, 5.74) is 2.22. The molecule has 3 rings (SSSR count). The minimum absolute atomic E-state index is 0.391. The number of anilines is 2. The van der Waals surface area contributed by atoms with Gasteiger partial charge in [-0.15, -0.1) is 0 Å². The van der Waals surface area contributed by atoms with E-state index in [1.54, 1.807) is 0 Å². The molecule has 0 aromatic heterocycles. The van der Waals surface area contributed by atoms with Crippen LogP contribution in [-0.2, 0) is 16.0 Å². The van der Waals surface area contributed by atoms with E-state index in [4.69, 9.17) is 0 Å². The predicted molar refractivity (Wildman–Crippen MR) is 77.5 cm³/mol. The van der Waals surface area contributed by atoms with Gasteiger partial charge in [-0.3, -0.25) is 9.59 Å². The Morgan fingerprint density at radius 3 is 2.52 bits per heavy atom. The van der Waals surface area contributed by atoms with Crippen LogP contribution >= 0.6 is 0 Å². The molecule has 0 saturated heterocycles. The van der Waals surface area contributed by atoms with Gasteiger partial charge in [0, 0.05) is 17.9 Å². The Balaban J connectivity index is 1.74. The second-order valence-corrected chi connectivity index (χ2v) is 4.80. The van der Waals surface area contributed by atoms with Gasteiger partial charge >= 0.3 is 11.8 Å². The van der Waals surface area contributed by atoms with Crippen molar-refractivity contribution in [2.45, 2.75) is 6.42 Å². The first-order valence-corrected chi connectivity index (χ1v) is 6.61. The van der Waals surface area contributed by atoms with Gasteiger partial charge < -0.3 is 10.2 Å². The van der Waals surface area contributed by atoms with E-state index >= 15 is 0 Å². The van der Waals surface area contributed by atoms with E-state index in [-0.39, 0.29) is 0 Å². The normalized spacial score (nSPS) is 12.9. The lowest BCUT2D eigenvalue weighted by Crippen LogP contribution is -2.38. The van der Waals surface area contributed by atoms with E-state index in [0.29, 0.717) is 12.2 Å². The molecule has 5 heteroatoms. The standard InChI is InChI=1S/C16H13FN2O2/c17-12-5-7-13(8-6-12)18-15(20)16(21)19-10-9-11-3-1-2-4-14(11)19/h1-8H,9-10H2,(H,18,20). The summed E-state index contributed by atoms with van der Waals surface area (Å²) in [5.74, 6) is -1.73. The largest absolute Gasteiger partial charge is 0.318 e. The minimum Gasteiger partial charge on any atom is -0.318 e. The molecular formula is C16H13FN2O2. The summed E-state index contributed by atoms with van der Waals surface area (Å²) < 4.78 is 12.8. The van der Waals surface area contributed by atoms with Crippen LogP contribution in [0, 0.1) is 5.82 Å². The molecule has 0 bridgehead atoms. The summed E-state index contributed by atoms with van der Waals surface area (Å²) in [6, 6.07) is 12.8. The van der Waals surface area contributed by atoms with Gasteiger partial charge in [-0.1, -0.05) is 18.2 Å². The summed E-state index contributed by atoms with van der Waals surface area (Å²) in [6.07, 6.45) is 0.742. The van der Waals surface area contributed by atoms with Crippen LogP contribution in [0.4, 0.5) is 15.8 Å². The zero-order valence-electron chi connectivity index (χ0n) is 11.2. The lowest BCUT2D eigenvalue weighted by molar-refractivity contribution is -0.134. The predicted octanol–water partition coefficient (Wildman–Crippen LogP) is 2.35. The van der Waals surface area contributed by atoms with Crippen LogP contribution in [0.15, 0.2) is 48.5 Å².